The molecule has 0 atom stereocenters. The monoisotopic (exact) mass is 257 g/mol. The van der Waals surface area contributed by atoms with Gasteiger partial charge in [0.2, 0.25) is 5.95 Å². The van der Waals surface area contributed by atoms with Crippen molar-refractivity contribution in [1.29, 1.82) is 0 Å². The Hall–Kier alpha value is -0.510. The van der Waals surface area contributed by atoms with Crippen LogP contribution in [0.25, 0.3) is 0 Å². The number of aromatic nitrogens is 2. The molecule has 0 amide bonds. The summed E-state index contributed by atoms with van der Waals surface area (Å²) in [4.78, 5) is 7.48. The molecule has 0 radical (unpaired) electrons. The Labute approximate surface area is 93.2 Å². The van der Waals surface area contributed by atoms with Gasteiger partial charge in [-0.2, -0.15) is 0 Å². The van der Waals surface area contributed by atoms with Gasteiger partial charge in [0.15, 0.2) is 0 Å². The van der Waals surface area contributed by atoms with Crippen molar-refractivity contribution in [2.75, 3.05) is 18.0 Å². The highest BCUT2D eigenvalue weighted by atomic mass is 79.9. The fraction of sp³-hybridized carbons (Fsp3) is 0.700. The van der Waals surface area contributed by atoms with Crippen molar-refractivity contribution in [2.45, 2.75) is 31.1 Å². The normalized spacial score (nSPS) is 18.9. The van der Waals surface area contributed by atoms with Gasteiger partial charge in [0.1, 0.15) is 0 Å². The van der Waals surface area contributed by atoms with Crippen LogP contribution in [0, 0.1) is 0 Å². The highest BCUT2D eigenvalue weighted by molar-refractivity contribution is 9.09. The van der Waals surface area contributed by atoms with E-state index < -0.39 is 0 Å². The number of aryl methyl sites for hydroxylation is 1. The number of alkyl halides is 1. The number of anilines is 1. The fourth-order valence-electron chi connectivity index (χ4n) is 1.88. The Morgan fingerprint density at radius 2 is 2.21 bits per heavy atom. The molecule has 2 rings (SSSR count). The molecule has 1 aromatic rings. The summed E-state index contributed by atoms with van der Waals surface area (Å²) in [5.74, 6) is 1.13. The van der Waals surface area contributed by atoms with Crippen LogP contribution in [0.5, 0.6) is 0 Å². The molecule has 1 aliphatic heterocycles. The number of imidazole rings is 1. The zero-order chi connectivity index (χ0) is 9.97. The average molecular weight is 258 g/mol. The van der Waals surface area contributed by atoms with Gasteiger partial charge in [0.25, 0.3) is 0 Å². The zero-order valence-corrected chi connectivity index (χ0v) is 10.1. The molecule has 0 saturated carbocycles. The Morgan fingerprint density at radius 1 is 1.50 bits per heavy atom. The van der Waals surface area contributed by atoms with Crippen LogP contribution in [-0.4, -0.2) is 27.5 Å². The Kier molecular flexibility index (Phi) is 3.11. The maximum absolute atomic E-state index is 4.41. The number of hydrogen-bond donors (Lipinski definition) is 0. The molecule has 1 aromatic heterocycles. The number of hydrogen-bond acceptors (Lipinski definition) is 2. The van der Waals surface area contributed by atoms with Gasteiger partial charge >= 0.3 is 0 Å². The van der Waals surface area contributed by atoms with E-state index >= 15 is 0 Å². The summed E-state index contributed by atoms with van der Waals surface area (Å²) >= 11 is 3.66. The van der Waals surface area contributed by atoms with Crippen molar-refractivity contribution in [1.82, 2.24) is 9.55 Å². The SMILES string of the molecule is CCn1ccnc1N1CCC(Br)CC1. The number of nitrogens with zero attached hydrogens (tertiary/aromatic N) is 3. The van der Waals surface area contributed by atoms with Crippen molar-refractivity contribution in [2.24, 2.45) is 0 Å². The summed E-state index contributed by atoms with van der Waals surface area (Å²) in [5.41, 5.74) is 0. The fourth-order valence-corrected chi connectivity index (χ4v) is 2.29. The predicted molar refractivity (Wildman–Crippen MR) is 62.1 cm³/mol. The molecule has 3 nitrogen and oxygen atoms in total. The molecule has 0 aliphatic carbocycles. The molecule has 0 unspecified atom stereocenters. The van der Waals surface area contributed by atoms with Crippen LogP contribution in [-0.2, 0) is 6.54 Å². The van der Waals surface area contributed by atoms with Crippen LogP contribution >= 0.6 is 15.9 Å². The quantitative estimate of drug-likeness (QED) is 0.759. The van der Waals surface area contributed by atoms with Crippen molar-refractivity contribution in [3.8, 4) is 0 Å². The smallest absolute Gasteiger partial charge is 0.205 e. The van der Waals surface area contributed by atoms with E-state index in [0.717, 1.165) is 25.6 Å². The highest BCUT2D eigenvalue weighted by Crippen LogP contribution is 2.21. The second-order valence-corrected chi connectivity index (χ2v) is 4.97. The van der Waals surface area contributed by atoms with Crippen LogP contribution in [0.3, 0.4) is 0 Å². The molecule has 0 spiro atoms. The van der Waals surface area contributed by atoms with Gasteiger partial charge < -0.3 is 9.47 Å². The van der Waals surface area contributed by atoms with Crippen molar-refractivity contribution in [3.63, 3.8) is 0 Å². The lowest BCUT2D eigenvalue weighted by Crippen LogP contribution is -2.35. The second kappa shape index (κ2) is 4.34. The number of rotatable bonds is 2. The van der Waals surface area contributed by atoms with E-state index in [-0.39, 0.29) is 0 Å². The van der Waals surface area contributed by atoms with Crippen LogP contribution in [0.4, 0.5) is 5.95 Å². The molecule has 4 heteroatoms. The molecule has 1 aliphatic rings. The van der Waals surface area contributed by atoms with Crippen molar-refractivity contribution >= 4 is 21.9 Å². The van der Waals surface area contributed by atoms with E-state index in [1.54, 1.807) is 0 Å². The van der Waals surface area contributed by atoms with Gasteiger partial charge in [-0.3, -0.25) is 0 Å². The molecule has 2 heterocycles. The van der Waals surface area contributed by atoms with Crippen molar-refractivity contribution in [3.05, 3.63) is 12.4 Å². The van der Waals surface area contributed by atoms with Gasteiger partial charge in [-0.1, -0.05) is 15.9 Å². The first kappa shape index (κ1) is 10.0. The molecule has 0 bridgehead atoms. The average Bonchev–Trinajstić information content (AvgIpc) is 2.67. The summed E-state index contributed by atoms with van der Waals surface area (Å²) in [5, 5.41) is 0. The zero-order valence-electron chi connectivity index (χ0n) is 8.49. The van der Waals surface area contributed by atoms with Crippen LogP contribution in [0.1, 0.15) is 19.8 Å². The number of halogens is 1. The highest BCUT2D eigenvalue weighted by Gasteiger charge is 2.19. The topological polar surface area (TPSA) is 21.1 Å². The third kappa shape index (κ3) is 1.95. The van der Waals surface area contributed by atoms with E-state index in [1.165, 1.54) is 12.8 Å². The molecule has 0 N–H and O–H groups in total. The molecule has 78 valence electrons. The van der Waals surface area contributed by atoms with E-state index in [0.29, 0.717) is 4.83 Å². The van der Waals surface area contributed by atoms with Gasteiger partial charge in [-0.15, -0.1) is 0 Å². The summed E-state index contributed by atoms with van der Waals surface area (Å²) in [6.07, 6.45) is 6.38. The van der Waals surface area contributed by atoms with E-state index in [2.05, 4.69) is 43.5 Å². The molecule has 14 heavy (non-hydrogen) atoms. The van der Waals surface area contributed by atoms with Crippen LogP contribution < -0.4 is 4.90 Å². The summed E-state index contributed by atoms with van der Waals surface area (Å²) in [6.45, 7) is 5.39. The maximum atomic E-state index is 4.41. The molecule has 1 saturated heterocycles. The van der Waals surface area contributed by atoms with E-state index in [1.807, 2.05) is 6.20 Å². The van der Waals surface area contributed by atoms with Gasteiger partial charge in [0.05, 0.1) is 0 Å². The predicted octanol–water partition coefficient (Wildman–Crippen LogP) is 2.27. The lowest BCUT2D eigenvalue weighted by molar-refractivity contribution is 0.573. The first-order valence-electron chi connectivity index (χ1n) is 5.21. The van der Waals surface area contributed by atoms with Gasteiger partial charge in [-0.25, -0.2) is 4.98 Å². The van der Waals surface area contributed by atoms with E-state index in [4.69, 9.17) is 0 Å². The van der Waals surface area contributed by atoms with Gasteiger partial charge in [0, 0.05) is 36.9 Å². The minimum Gasteiger partial charge on any atom is -0.342 e. The Balaban J connectivity index is 2.08. The molecule has 0 aromatic carbocycles. The first-order chi connectivity index (χ1) is 6.81. The third-order valence-corrected chi connectivity index (χ3v) is 3.66. The maximum Gasteiger partial charge on any atom is 0.205 e. The minimum atomic E-state index is 0.698. The van der Waals surface area contributed by atoms with Crippen molar-refractivity contribution < 1.29 is 0 Å². The van der Waals surface area contributed by atoms with Crippen LogP contribution in [0.2, 0.25) is 0 Å². The van der Waals surface area contributed by atoms with Crippen LogP contribution in [0.15, 0.2) is 12.4 Å². The molecular formula is C10H16BrN3. The largest absolute Gasteiger partial charge is 0.342 e. The first-order valence-corrected chi connectivity index (χ1v) is 6.13. The van der Waals surface area contributed by atoms with Gasteiger partial charge in [-0.05, 0) is 19.8 Å². The lowest BCUT2D eigenvalue weighted by Gasteiger charge is -2.30. The molecular weight excluding hydrogens is 242 g/mol. The Bertz CT molecular complexity index is 289. The summed E-state index contributed by atoms with van der Waals surface area (Å²) < 4.78 is 2.20. The number of piperidine rings is 1. The lowest BCUT2D eigenvalue weighted by atomic mass is 10.1. The Morgan fingerprint density at radius 3 is 2.86 bits per heavy atom. The standard InChI is InChI=1S/C10H16BrN3/c1-2-13-8-5-12-10(13)14-6-3-9(11)4-7-14/h5,8-9H,2-4,6-7H2,1H3. The third-order valence-electron chi connectivity index (χ3n) is 2.74. The summed E-state index contributed by atoms with van der Waals surface area (Å²) in [6, 6.07) is 0. The van der Waals surface area contributed by atoms with E-state index in [9.17, 15) is 0 Å². The summed E-state index contributed by atoms with van der Waals surface area (Å²) in [7, 11) is 0. The molecule has 1 fully saturated rings. The minimum absolute atomic E-state index is 0.698. The second-order valence-electron chi connectivity index (χ2n) is 3.67.